The molecule has 1 fully saturated rings. The van der Waals surface area contributed by atoms with Crippen LogP contribution in [0.3, 0.4) is 0 Å². The van der Waals surface area contributed by atoms with Crippen molar-refractivity contribution in [3.05, 3.63) is 58.3 Å². The summed E-state index contributed by atoms with van der Waals surface area (Å²) >= 11 is 0. The van der Waals surface area contributed by atoms with Crippen LogP contribution in [0.25, 0.3) is 11.2 Å². The predicted octanol–water partition coefficient (Wildman–Crippen LogP) is 1.47. The number of anilines is 1. The molecule has 1 saturated heterocycles. The minimum atomic E-state index is -0.300. The van der Waals surface area contributed by atoms with Crippen LogP contribution in [0, 0.1) is 5.82 Å². The molecule has 3 aromatic rings. The number of hydrogen-bond acceptors (Lipinski definition) is 5. The van der Waals surface area contributed by atoms with Crippen molar-refractivity contribution in [3.63, 3.8) is 0 Å². The van der Waals surface area contributed by atoms with Gasteiger partial charge in [0.1, 0.15) is 11.6 Å². The second-order valence-corrected chi connectivity index (χ2v) is 8.27. The lowest BCUT2D eigenvalue weighted by Crippen LogP contribution is -2.48. The third-order valence-corrected chi connectivity index (χ3v) is 5.99. The van der Waals surface area contributed by atoms with Gasteiger partial charge in [-0.05, 0) is 29.8 Å². The zero-order chi connectivity index (χ0) is 23.5. The Kier molecular flexibility index (Phi) is 6.55. The quantitative estimate of drug-likeness (QED) is 0.609. The maximum atomic E-state index is 13.0. The molecule has 0 aliphatic carbocycles. The standard InChI is InChI=1S/C23H27FN6O3/c1-27-18-7-8-19(26-22(18)28(2)23(27)33)25-20(31)9-10-21(32)30-13-11-29(12-14-30)15-16-3-5-17(24)6-4-16/h3-8H,9-15H2,1-2H3,(H,25,26,31). The van der Waals surface area contributed by atoms with Crippen molar-refractivity contribution in [2.75, 3.05) is 31.5 Å². The van der Waals surface area contributed by atoms with E-state index in [0.717, 1.165) is 25.2 Å². The van der Waals surface area contributed by atoms with Crippen LogP contribution in [0.4, 0.5) is 10.2 Å². The predicted molar refractivity (Wildman–Crippen MR) is 122 cm³/mol. The van der Waals surface area contributed by atoms with Gasteiger partial charge in [-0.15, -0.1) is 0 Å². The number of aromatic nitrogens is 3. The summed E-state index contributed by atoms with van der Waals surface area (Å²) in [6.07, 6.45) is 0.178. The highest BCUT2D eigenvalue weighted by atomic mass is 19.1. The molecule has 174 valence electrons. The average molecular weight is 455 g/mol. The lowest BCUT2D eigenvalue weighted by molar-refractivity contribution is -0.134. The van der Waals surface area contributed by atoms with Crippen LogP contribution in [0.2, 0.25) is 0 Å². The Hall–Kier alpha value is -3.53. The minimum absolute atomic E-state index is 0.0551. The van der Waals surface area contributed by atoms with Crippen LogP contribution < -0.4 is 11.0 Å². The van der Waals surface area contributed by atoms with Crippen LogP contribution in [0.1, 0.15) is 18.4 Å². The number of hydrogen-bond donors (Lipinski definition) is 1. The van der Waals surface area contributed by atoms with Crippen LogP contribution in [-0.2, 0) is 30.2 Å². The van der Waals surface area contributed by atoms with Crippen molar-refractivity contribution in [3.8, 4) is 0 Å². The Morgan fingerprint density at radius 2 is 1.67 bits per heavy atom. The molecule has 0 unspecified atom stereocenters. The molecule has 3 heterocycles. The molecule has 0 spiro atoms. The summed E-state index contributed by atoms with van der Waals surface area (Å²) in [5.74, 6) is -0.262. The molecule has 9 nitrogen and oxygen atoms in total. The van der Waals surface area contributed by atoms with Gasteiger partial charge in [-0.25, -0.2) is 14.2 Å². The minimum Gasteiger partial charge on any atom is -0.340 e. The van der Waals surface area contributed by atoms with Crippen molar-refractivity contribution in [1.82, 2.24) is 23.9 Å². The largest absolute Gasteiger partial charge is 0.340 e. The van der Waals surface area contributed by atoms with Gasteiger partial charge in [-0.2, -0.15) is 0 Å². The van der Waals surface area contributed by atoms with Crippen molar-refractivity contribution in [2.24, 2.45) is 14.1 Å². The number of pyridine rings is 1. The van der Waals surface area contributed by atoms with E-state index in [2.05, 4.69) is 15.2 Å². The number of nitrogens with zero attached hydrogens (tertiary/aromatic N) is 5. The number of carbonyl (C=O) groups excluding carboxylic acids is 2. The van der Waals surface area contributed by atoms with E-state index in [1.165, 1.54) is 21.3 Å². The molecule has 0 radical (unpaired) electrons. The topological polar surface area (TPSA) is 92.5 Å². The van der Waals surface area contributed by atoms with Crippen LogP contribution in [0.15, 0.2) is 41.2 Å². The fourth-order valence-corrected chi connectivity index (χ4v) is 4.03. The summed E-state index contributed by atoms with van der Waals surface area (Å²) in [7, 11) is 3.29. The van der Waals surface area contributed by atoms with Crippen molar-refractivity contribution in [1.29, 1.82) is 0 Å². The van der Waals surface area contributed by atoms with Crippen LogP contribution >= 0.6 is 0 Å². The van der Waals surface area contributed by atoms with Crippen LogP contribution in [-0.4, -0.2) is 61.9 Å². The molecule has 1 aliphatic heterocycles. The SMILES string of the molecule is Cn1c(=O)n(C)c2nc(NC(=O)CCC(=O)N3CCN(Cc4ccc(F)cc4)CC3)ccc21. The zero-order valence-electron chi connectivity index (χ0n) is 18.8. The molecule has 0 saturated carbocycles. The molecule has 1 aromatic carbocycles. The number of fused-ring (bicyclic) bond motifs is 1. The van der Waals surface area contributed by atoms with E-state index < -0.39 is 0 Å². The molecule has 4 rings (SSSR count). The molecule has 1 N–H and O–H groups in total. The Balaban J connectivity index is 1.24. The van der Waals surface area contributed by atoms with E-state index in [1.807, 2.05) is 0 Å². The summed E-state index contributed by atoms with van der Waals surface area (Å²) < 4.78 is 16.0. The lowest BCUT2D eigenvalue weighted by atomic mass is 10.2. The number of carbonyl (C=O) groups is 2. The van der Waals surface area contributed by atoms with Gasteiger partial charge in [0, 0.05) is 59.7 Å². The summed E-state index contributed by atoms with van der Waals surface area (Å²) in [5, 5.41) is 2.71. The van der Waals surface area contributed by atoms with Gasteiger partial charge in [-0.3, -0.25) is 23.6 Å². The van der Waals surface area contributed by atoms with Crippen molar-refractivity contribution in [2.45, 2.75) is 19.4 Å². The van der Waals surface area contributed by atoms with Gasteiger partial charge in [0.25, 0.3) is 0 Å². The molecular formula is C23H27FN6O3. The monoisotopic (exact) mass is 454 g/mol. The second-order valence-electron chi connectivity index (χ2n) is 8.27. The molecule has 2 aromatic heterocycles. The average Bonchev–Trinajstić information content (AvgIpc) is 3.03. The normalized spacial score (nSPS) is 14.6. The van der Waals surface area contributed by atoms with Gasteiger partial charge < -0.3 is 10.2 Å². The number of aryl methyl sites for hydroxylation is 2. The molecule has 10 heteroatoms. The lowest BCUT2D eigenvalue weighted by Gasteiger charge is -2.34. The number of halogens is 1. The fraction of sp³-hybridized carbons (Fsp3) is 0.391. The van der Waals surface area contributed by atoms with Gasteiger partial charge in [-0.1, -0.05) is 12.1 Å². The maximum Gasteiger partial charge on any atom is 0.329 e. The zero-order valence-corrected chi connectivity index (χ0v) is 18.8. The number of rotatable bonds is 6. The Morgan fingerprint density at radius 1 is 0.970 bits per heavy atom. The van der Waals surface area contributed by atoms with E-state index in [-0.39, 0.29) is 36.2 Å². The molecular weight excluding hydrogens is 427 g/mol. The highest BCUT2D eigenvalue weighted by Crippen LogP contribution is 2.14. The fourth-order valence-electron chi connectivity index (χ4n) is 4.03. The summed E-state index contributed by atoms with van der Waals surface area (Å²) in [6.45, 7) is 3.38. The van der Waals surface area contributed by atoms with Gasteiger partial charge >= 0.3 is 5.69 Å². The van der Waals surface area contributed by atoms with Crippen LogP contribution in [0.5, 0.6) is 0 Å². The number of benzene rings is 1. The Bertz CT molecular complexity index is 1230. The van der Waals surface area contributed by atoms with Gasteiger partial charge in [0.2, 0.25) is 11.8 Å². The van der Waals surface area contributed by atoms with E-state index in [9.17, 15) is 18.8 Å². The van der Waals surface area contributed by atoms with E-state index in [4.69, 9.17) is 0 Å². The van der Waals surface area contributed by atoms with E-state index in [0.29, 0.717) is 30.1 Å². The highest BCUT2D eigenvalue weighted by Gasteiger charge is 2.22. The number of nitrogens with one attached hydrogen (secondary N) is 1. The van der Waals surface area contributed by atoms with Gasteiger partial charge in [0.15, 0.2) is 5.65 Å². The second kappa shape index (κ2) is 9.53. The first-order valence-corrected chi connectivity index (χ1v) is 10.9. The third-order valence-electron chi connectivity index (χ3n) is 5.99. The first-order valence-electron chi connectivity index (χ1n) is 10.9. The number of piperazine rings is 1. The summed E-state index contributed by atoms with van der Waals surface area (Å²) in [4.78, 5) is 45.3. The van der Waals surface area contributed by atoms with Crippen molar-refractivity contribution < 1.29 is 14.0 Å². The summed E-state index contributed by atoms with van der Waals surface area (Å²) in [6, 6.07) is 9.83. The summed E-state index contributed by atoms with van der Waals surface area (Å²) in [5.41, 5.74) is 2.00. The molecule has 1 aliphatic rings. The molecule has 0 atom stereocenters. The molecule has 2 amide bonds. The maximum absolute atomic E-state index is 13.0. The van der Waals surface area contributed by atoms with Crippen molar-refractivity contribution >= 4 is 28.8 Å². The smallest absolute Gasteiger partial charge is 0.329 e. The van der Waals surface area contributed by atoms with Gasteiger partial charge in [0.05, 0.1) is 5.52 Å². The molecule has 33 heavy (non-hydrogen) atoms. The highest BCUT2D eigenvalue weighted by molar-refractivity contribution is 5.93. The Morgan fingerprint density at radius 3 is 2.36 bits per heavy atom. The Labute approximate surface area is 190 Å². The molecule has 0 bridgehead atoms. The number of imidazole rings is 1. The van der Waals surface area contributed by atoms with E-state index >= 15 is 0 Å². The first-order chi connectivity index (χ1) is 15.8. The first kappa shape index (κ1) is 22.7. The number of amides is 2. The van der Waals surface area contributed by atoms with E-state index in [1.54, 1.807) is 43.3 Å². The third kappa shape index (κ3) is 5.11.